The molecule has 0 fully saturated rings. The number of carbonyl (C=O) groups excluding carboxylic acids is 1. The number of nitrogens with one attached hydrogen (secondary N) is 1. The van der Waals surface area contributed by atoms with Crippen molar-refractivity contribution in [2.45, 2.75) is 12.2 Å². The van der Waals surface area contributed by atoms with Crippen molar-refractivity contribution < 1.29 is 9.21 Å². The Labute approximate surface area is 116 Å². The lowest BCUT2D eigenvalue weighted by Crippen LogP contribution is -2.13. The van der Waals surface area contributed by atoms with E-state index in [-0.39, 0.29) is 5.91 Å². The molecule has 1 aromatic heterocycles. The Balaban J connectivity index is 1.69. The van der Waals surface area contributed by atoms with E-state index < -0.39 is 0 Å². The van der Waals surface area contributed by atoms with E-state index in [2.05, 4.69) is 5.32 Å². The fourth-order valence-electron chi connectivity index (χ4n) is 1.56. The number of thioether (sulfide) groups is 1. The maximum atomic E-state index is 11.7. The largest absolute Gasteiger partial charge is 0.468 e. The van der Waals surface area contributed by atoms with Crippen molar-refractivity contribution in [3.8, 4) is 0 Å². The molecule has 0 saturated heterocycles. The van der Waals surface area contributed by atoms with Crippen molar-refractivity contribution in [2.75, 3.05) is 16.8 Å². The Hall–Kier alpha value is -1.88. The lowest BCUT2D eigenvalue weighted by atomic mass is 10.2. The first-order chi connectivity index (χ1) is 9.25. The highest BCUT2D eigenvalue weighted by Crippen LogP contribution is 2.18. The van der Waals surface area contributed by atoms with Gasteiger partial charge in [-0.2, -0.15) is 11.8 Å². The van der Waals surface area contributed by atoms with Crippen LogP contribution in [0.5, 0.6) is 0 Å². The van der Waals surface area contributed by atoms with Crippen LogP contribution >= 0.6 is 11.8 Å². The van der Waals surface area contributed by atoms with Crippen LogP contribution in [0.2, 0.25) is 0 Å². The van der Waals surface area contributed by atoms with Crippen molar-refractivity contribution in [3.63, 3.8) is 0 Å². The van der Waals surface area contributed by atoms with Crippen LogP contribution in [0.4, 0.5) is 11.4 Å². The predicted molar refractivity (Wildman–Crippen MR) is 79.0 cm³/mol. The minimum Gasteiger partial charge on any atom is -0.468 e. The van der Waals surface area contributed by atoms with Gasteiger partial charge in [0.25, 0.3) is 0 Å². The summed E-state index contributed by atoms with van der Waals surface area (Å²) in [5.74, 6) is 2.44. The zero-order valence-corrected chi connectivity index (χ0v) is 11.3. The van der Waals surface area contributed by atoms with Crippen LogP contribution in [0.15, 0.2) is 47.1 Å². The van der Waals surface area contributed by atoms with E-state index in [0.717, 1.165) is 17.3 Å². The molecule has 3 N–H and O–H groups in total. The highest BCUT2D eigenvalue weighted by molar-refractivity contribution is 7.98. The number of furan rings is 1. The standard InChI is InChI=1S/C14H16N2O2S/c15-12-5-1-2-6-13(12)16-14(17)7-9-19-10-11-4-3-8-18-11/h1-6,8H,7,9-10,15H2,(H,16,17). The molecular weight excluding hydrogens is 260 g/mol. The van der Waals surface area contributed by atoms with E-state index in [9.17, 15) is 4.79 Å². The average molecular weight is 276 g/mol. The molecule has 19 heavy (non-hydrogen) atoms. The van der Waals surface area contributed by atoms with Gasteiger partial charge in [-0.1, -0.05) is 12.1 Å². The van der Waals surface area contributed by atoms with Gasteiger partial charge in [0.2, 0.25) is 5.91 Å². The maximum Gasteiger partial charge on any atom is 0.225 e. The van der Waals surface area contributed by atoms with Gasteiger partial charge >= 0.3 is 0 Å². The summed E-state index contributed by atoms with van der Waals surface area (Å²) >= 11 is 1.67. The average Bonchev–Trinajstić information content (AvgIpc) is 2.91. The van der Waals surface area contributed by atoms with Crippen LogP contribution in [0.3, 0.4) is 0 Å². The van der Waals surface area contributed by atoms with Crippen LogP contribution in [-0.2, 0) is 10.5 Å². The second kappa shape index (κ2) is 6.89. The predicted octanol–water partition coefficient (Wildman–Crippen LogP) is 3.12. The molecule has 0 aliphatic carbocycles. The first-order valence-corrected chi connectivity index (χ1v) is 7.15. The van der Waals surface area contributed by atoms with Crippen molar-refractivity contribution in [1.82, 2.24) is 0 Å². The van der Waals surface area contributed by atoms with Crippen molar-refractivity contribution in [3.05, 3.63) is 48.4 Å². The molecule has 0 spiro atoms. The number of rotatable bonds is 6. The number of benzene rings is 1. The van der Waals surface area contributed by atoms with Gasteiger partial charge in [-0.05, 0) is 24.3 Å². The van der Waals surface area contributed by atoms with Crippen LogP contribution in [0.1, 0.15) is 12.2 Å². The minimum atomic E-state index is -0.0233. The van der Waals surface area contributed by atoms with Crippen molar-refractivity contribution >= 4 is 29.0 Å². The lowest BCUT2D eigenvalue weighted by molar-refractivity contribution is -0.115. The summed E-state index contributed by atoms with van der Waals surface area (Å²) in [4.78, 5) is 11.7. The van der Waals surface area contributed by atoms with Gasteiger partial charge in [0, 0.05) is 12.2 Å². The molecule has 0 saturated carbocycles. The molecule has 4 nitrogen and oxygen atoms in total. The molecule has 0 radical (unpaired) electrons. The lowest BCUT2D eigenvalue weighted by Gasteiger charge is -2.07. The first-order valence-electron chi connectivity index (χ1n) is 6.00. The molecular formula is C14H16N2O2S. The molecule has 0 bridgehead atoms. The Bertz CT molecular complexity index is 526. The summed E-state index contributed by atoms with van der Waals surface area (Å²) < 4.78 is 5.21. The third-order valence-electron chi connectivity index (χ3n) is 2.53. The fraction of sp³-hybridized carbons (Fsp3) is 0.214. The first kappa shape index (κ1) is 13.5. The molecule has 0 atom stereocenters. The molecule has 0 unspecified atom stereocenters. The van der Waals surface area contributed by atoms with Crippen LogP contribution in [0.25, 0.3) is 0 Å². The number of amides is 1. The van der Waals surface area contributed by atoms with E-state index in [1.807, 2.05) is 24.3 Å². The van der Waals surface area contributed by atoms with Gasteiger partial charge < -0.3 is 15.5 Å². The van der Waals surface area contributed by atoms with E-state index in [4.69, 9.17) is 10.2 Å². The highest BCUT2D eigenvalue weighted by atomic mass is 32.2. The maximum absolute atomic E-state index is 11.7. The fourth-order valence-corrected chi connectivity index (χ4v) is 2.40. The number of carbonyl (C=O) groups is 1. The van der Waals surface area contributed by atoms with Gasteiger partial charge in [0.15, 0.2) is 0 Å². The molecule has 1 heterocycles. The van der Waals surface area contributed by atoms with Crippen molar-refractivity contribution in [2.24, 2.45) is 0 Å². The number of hydrogen-bond acceptors (Lipinski definition) is 4. The van der Waals surface area contributed by atoms with Gasteiger partial charge in [-0.15, -0.1) is 0 Å². The highest BCUT2D eigenvalue weighted by Gasteiger charge is 2.05. The molecule has 1 aromatic carbocycles. The number of para-hydroxylation sites is 2. The summed E-state index contributed by atoms with van der Waals surface area (Å²) in [6.45, 7) is 0. The van der Waals surface area contributed by atoms with Gasteiger partial charge in [0.05, 0.1) is 23.4 Å². The topological polar surface area (TPSA) is 68.3 Å². The number of anilines is 2. The number of nitrogens with two attached hydrogens (primary N) is 1. The Kier molecular flexibility index (Phi) is 4.92. The van der Waals surface area contributed by atoms with E-state index in [0.29, 0.717) is 17.8 Å². The molecule has 2 rings (SSSR count). The summed E-state index contributed by atoms with van der Waals surface area (Å²) in [6.07, 6.45) is 2.11. The molecule has 1 amide bonds. The van der Waals surface area contributed by atoms with Crippen molar-refractivity contribution in [1.29, 1.82) is 0 Å². The monoisotopic (exact) mass is 276 g/mol. The van der Waals surface area contributed by atoms with Crippen LogP contribution < -0.4 is 11.1 Å². The Morgan fingerprint density at radius 3 is 2.84 bits per heavy atom. The molecule has 2 aromatic rings. The minimum absolute atomic E-state index is 0.0233. The normalized spacial score (nSPS) is 10.3. The Morgan fingerprint density at radius 1 is 1.26 bits per heavy atom. The van der Waals surface area contributed by atoms with E-state index in [1.165, 1.54) is 0 Å². The summed E-state index contributed by atoms with van der Waals surface area (Å²) in [7, 11) is 0. The van der Waals surface area contributed by atoms with Crippen LogP contribution in [-0.4, -0.2) is 11.7 Å². The zero-order valence-electron chi connectivity index (χ0n) is 10.5. The third kappa shape index (κ3) is 4.37. The number of hydrogen-bond donors (Lipinski definition) is 2. The van der Waals surface area contributed by atoms with E-state index in [1.54, 1.807) is 30.2 Å². The van der Waals surface area contributed by atoms with Gasteiger partial charge in [0.1, 0.15) is 5.76 Å². The van der Waals surface area contributed by atoms with Gasteiger partial charge in [-0.25, -0.2) is 0 Å². The smallest absolute Gasteiger partial charge is 0.225 e. The Morgan fingerprint density at radius 2 is 2.11 bits per heavy atom. The number of nitrogen functional groups attached to an aromatic ring is 1. The summed E-state index contributed by atoms with van der Waals surface area (Å²) in [6, 6.07) is 11.0. The molecule has 5 heteroatoms. The summed E-state index contributed by atoms with van der Waals surface area (Å²) in [5.41, 5.74) is 7.01. The second-order valence-electron chi connectivity index (χ2n) is 4.02. The third-order valence-corrected chi connectivity index (χ3v) is 3.51. The molecule has 0 aliphatic heterocycles. The van der Waals surface area contributed by atoms with Gasteiger partial charge in [-0.3, -0.25) is 4.79 Å². The second-order valence-corrected chi connectivity index (χ2v) is 5.12. The molecule has 100 valence electrons. The SMILES string of the molecule is Nc1ccccc1NC(=O)CCSCc1ccco1. The summed E-state index contributed by atoms with van der Waals surface area (Å²) in [5, 5.41) is 2.80. The van der Waals surface area contributed by atoms with Crippen LogP contribution in [0, 0.1) is 0 Å². The zero-order chi connectivity index (χ0) is 13.5. The molecule has 0 aliphatic rings. The quantitative estimate of drug-likeness (QED) is 0.628. The van der Waals surface area contributed by atoms with E-state index >= 15 is 0 Å².